The van der Waals surface area contributed by atoms with Gasteiger partial charge in [-0.2, -0.15) is 14.9 Å². The van der Waals surface area contributed by atoms with Crippen molar-refractivity contribution in [2.75, 3.05) is 7.11 Å². The molecule has 0 saturated heterocycles. The number of aromatic amines is 1. The molecule has 0 unspecified atom stereocenters. The Labute approximate surface area is 184 Å². The van der Waals surface area contributed by atoms with Crippen LogP contribution in [0.2, 0.25) is 10.0 Å². The number of H-pyrrole nitrogens is 1. The fourth-order valence-electron chi connectivity index (χ4n) is 2.66. The molecule has 2 aromatic carbocycles. The highest BCUT2D eigenvalue weighted by Crippen LogP contribution is 2.31. The van der Waals surface area contributed by atoms with Gasteiger partial charge in [-0.05, 0) is 54.5 Å². The number of hydrogen-bond acceptors (Lipinski definition) is 5. The number of halogens is 2. The smallest absolute Gasteiger partial charge is 0.216 e. The number of nitrogens with one attached hydrogen (secondary N) is 1. The Morgan fingerprint density at radius 2 is 1.97 bits per heavy atom. The summed E-state index contributed by atoms with van der Waals surface area (Å²) in [7, 11) is 1.58. The average Bonchev–Trinajstić information content (AvgIpc) is 3.06. The molecule has 0 fully saturated rings. The van der Waals surface area contributed by atoms with Gasteiger partial charge in [-0.15, -0.1) is 0 Å². The summed E-state index contributed by atoms with van der Waals surface area (Å²) >= 11 is 17.6. The lowest BCUT2D eigenvalue weighted by atomic mass is 10.2. The van der Waals surface area contributed by atoms with E-state index in [2.05, 4.69) is 22.2 Å². The van der Waals surface area contributed by atoms with Crippen LogP contribution in [0, 0.1) is 4.77 Å². The molecular weight excluding hydrogens is 431 g/mol. The average molecular weight is 451 g/mol. The Morgan fingerprint density at radius 1 is 1.21 bits per heavy atom. The second-order valence-electron chi connectivity index (χ2n) is 6.15. The molecule has 6 nitrogen and oxygen atoms in total. The van der Waals surface area contributed by atoms with E-state index in [0.717, 1.165) is 29.8 Å². The minimum Gasteiger partial charge on any atom is -0.493 e. The second kappa shape index (κ2) is 9.91. The van der Waals surface area contributed by atoms with E-state index < -0.39 is 0 Å². The lowest BCUT2D eigenvalue weighted by Gasteiger charge is -2.13. The summed E-state index contributed by atoms with van der Waals surface area (Å²) in [6.45, 7) is 2.30. The third-order valence-corrected chi connectivity index (χ3v) is 5.11. The summed E-state index contributed by atoms with van der Waals surface area (Å²) in [6.07, 6.45) is 3.43. The highest BCUT2D eigenvalue weighted by Gasteiger charge is 2.10. The van der Waals surface area contributed by atoms with Crippen LogP contribution in [0.4, 0.5) is 0 Å². The predicted octanol–water partition coefficient (Wildman–Crippen LogP) is 5.67. The van der Waals surface area contributed by atoms with E-state index in [-0.39, 0.29) is 6.61 Å². The van der Waals surface area contributed by atoms with Gasteiger partial charge >= 0.3 is 0 Å². The normalized spacial score (nSPS) is 11.2. The van der Waals surface area contributed by atoms with E-state index in [1.165, 1.54) is 0 Å². The largest absolute Gasteiger partial charge is 0.493 e. The highest BCUT2D eigenvalue weighted by molar-refractivity contribution is 7.71. The van der Waals surface area contributed by atoms with E-state index in [1.54, 1.807) is 36.2 Å². The van der Waals surface area contributed by atoms with Crippen molar-refractivity contribution in [3.63, 3.8) is 0 Å². The Hall–Kier alpha value is -2.35. The fourth-order valence-corrected chi connectivity index (χ4v) is 3.36. The molecule has 3 aromatic rings. The Kier molecular flexibility index (Phi) is 7.30. The van der Waals surface area contributed by atoms with Crippen molar-refractivity contribution in [3.05, 3.63) is 68.2 Å². The van der Waals surface area contributed by atoms with Crippen molar-refractivity contribution in [1.82, 2.24) is 14.9 Å². The summed E-state index contributed by atoms with van der Waals surface area (Å²) in [5.74, 6) is 1.94. The number of methoxy groups -OCH3 is 1. The molecule has 0 bridgehead atoms. The summed E-state index contributed by atoms with van der Waals surface area (Å²) < 4.78 is 13.4. The van der Waals surface area contributed by atoms with Crippen molar-refractivity contribution in [1.29, 1.82) is 0 Å². The number of rotatable bonds is 8. The monoisotopic (exact) mass is 450 g/mol. The van der Waals surface area contributed by atoms with Gasteiger partial charge in [0.15, 0.2) is 17.3 Å². The van der Waals surface area contributed by atoms with E-state index >= 15 is 0 Å². The highest BCUT2D eigenvalue weighted by atomic mass is 35.5. The lowest BCUT2D eigenvalue weighted by Crippen LogP contribution is -2.01. The van der Waals surface area contributed by atoms with Crippen LogP contribution in [0.25, 0.3) is 0 Å². The molecule has 29 heavy (non-hydrogen) atoms. The van der Waals surface area contributed by atoms with Crippen LogP contribution in [-0.2, 0) is 13.0 Å². The minimum absolute atomic E-state index is 0.229. The quantitative estimate of drug-likeness (QED) is 0.354. The van der Waals surface area contributed by atoms with Gasteiger partial charge in [0.05, 0.1) is 13.3 Å². The SMILES string of the molecule is CCCc1n[nH]c(=S)n1/N=C\c1ccc(OCc2c(Cl)cccc2Cl)c(OC)c1. The number of benzene rings is 2. The van der Waals surface area contributed by atoms with Gasteiger partial charge in [-0.25, -0.2) is 0 Å². The molecule has 0 aliphatic heterocycles. The van der Waals surface area contributed by atoms with E-state index in [9.17, 15) is 0 Å². The second-order valence-corrected chi connectivity index (χ2v) is 7.35. The molecule has 0 amide bonds. The first kappa shape index (κ1) is 21.4. The standard InChI is InChI=1S/C20H20Cl2N4O2S/c1-3-5-19-24-25-20(29)26(19)23-11-13-8-9-17(18(10-13)27-2)28-12-14-15(21)6-4-7-16(14)22/h4,6-11H,3,5,12H2,1-2H3,(H,25,29)/b23-11-. The molecule has 0 aliphatic rings. The maximum absolute atomic E-state index is 6.20. The van der Waals surface area contributed by atoms with E-state index in [1.807, 2.05) is 18.2 Å². The zero-order chi connectivity index (χ0) is 20.8. The van der Waals surface area contributed by atoms with Crippen LogP contribution < -0.4 is 9.47 Å². The molecule has 9 heteroatoms. The third-order valence-electron chi connectivity index (χ3n) is 4.13. The zero-order valence-corrected chi connectivity index (χ0v) is 18.3. The molecule has 0 radical (unpaired) electrons. The Bertz CT molecular complexity index is 1060. The Morgan fingerprint density at radius 3 is 2.66 bits per heavy atom. The number of aryl methyl sites for hydroxylation is 1. The molecule has 1 heterocycles. The summed E-state index contributed by atoms with van der Waals surface area (Å²) in [6, 6.07) is 10.9. The molecule has 152 valence electrons. The molecule has 0 atom stereocenters. The maximum atomic E-state index is 6.20. The Balaban J connectivity index is 1.79. The van der Waals surface area contributed by atoms with Gasteiger partial charge in [0.1, 0.15) is 6.61 Å². The molecule has 1 aromatic heterocycles. The number of nitrogens with zero attached hydrogens (tertiary/aromatic N) is 3. The number of ether oxygens (including phenoxy) is 2. The topological polar surface area (TPSA) is 64.4 Å². The molecular formula is C20H20Cl2N4O2S. The zero-order valence-electron chi connectivity index (χ0n) is 16.0. The summed E-state index contributed by atoms with van der Waals surface area (Å²) in [5.41, 5.74) is 1.55. The van der Waals surface area contributed by atoms with Gasteiger partial charge in [0.25, 0.3) is 0 Å². The summed E-state index contributed by atoms with van der Waals surface area (Å²) in [5, 5.41) is 12.5. The first-order chi connectivity index (χ1) is 14.0. The number of aromatic nitrogens is 3. The maximum Gasteiger partial charge on any atom is 0.216 e. The van der Waals surface area contributed by atoms with Crippen molar-refractivity contribution >= 4 is 41.6 Å². The van der Waals surface area contributed by atoms with Crippen LogP contribution in [0.5, 0.6) is 11.5 Å². The van der Waals surface area contributed by atoms with Crippen molar-refractivity contribution < 1.29 is 9.47 Å². The van der Waals surface area contributed by atoms with Gasteiger partial charge in [0.2, 0.25) is 4.77 Å². The fraction of sp³-hybridized carbons (Fsp3) is 0.250. The molecule has 0 aliphatic carbocycles. The van der Waals surface area contributed by atoms with Crippen LogP contribution in [0.3, 0.4) is 0 Å². The van der Waals surface area contributed by atoms with Gasteiger partial charge < -0.3 is 9.47 Å². The van der Waals surface area contributed by atoms with E-state index in [4.69, 9.17) is 44.9 Å². The predicted molar refractivity (Wildman–Crippen MR) is 118 cm³/mol. The van der Waals surface area contributed by atoms with Gasteiger partial charge in [0, 0.05) is 22.0 Å². The van der Waals surface area contributed by atoms with E-state index in [0.29, 0.717) is 26.3 Å². The molecule has 0 spiro atoms. The first-order valence-corrected chi connectivity index (χ1v) is 10.1. The van der Waals surface area contributed by atoms with Gasteiger partial charge in [-0.1, -0.05) is 36.2 Å². The summed E-state index contributed by atoms with van der Waals surface area (Å²) in [4.78, 5) is 0. The van der Waals surface area contributed by atoms with Crippen molar-refractivity contribution in [2.24, 2.45) is 5.10 Å². The van der Waals surface area contributed by atoms with Crippen molar-refractivity contribution in [3.8, 4) is 11.5 Å². The molecule has 0 saturated carbocycles. The third kappa shape index (κ3) is 5.18. The van der Waals surface area contributed by atoms with Crippen molar-refractivity contribution in [2.45, 2.75) is 26.4 Å². The van der Waals surface area contributed by atoms with Crippen LogP contribution in [0.15, 0.2) is 41.5 Å². The molecule has 1 N–H and O–H groups in total. The van der Waals surface area contributed by atoms with Crippen LogP contribution in [-0.4, -0.2) is 28.2 Å². The molecule has 3 rings (SSSR count). The lowest BCUT2D eigenvalue weighted by molar-refractivity contribution is 0.284. The van der Waals surface area contributed by atoms with Crippen LogP contribution in [0.1, 0.15) is 30.3 Å². The minimum atomic E-state index is 0.229. The van der Waals surface area contributed by atoms with Gasteiger partial charge in [-0.3, -0.25) is 5.10 Å². The van der Waals surface area contributed by atoms with Crippen LogP contribution >= 0.6 is 35.4 Å². The first-order valence-electron chi connectivity index (χ1n) is 8.97. The number of hydrogen-bond donors (Lipinski definition) is 1.